The van der Waals surface area contributed by atoms with Gasteiger partial charge >= 0.3 is 12.1 Å². The topological polar surface area (TPSA) is 115 Å². The Labute approximate surface area is 101 Å². The molecule has 0 radical (unpaired) electrons. The average molecular weight is 248 g/mol. The van der Waals surface area contributed by atoms with Crippen LogP contribution in [-0.2, 0) is 0 Å². The normalized spacial score (nSPS) is 15.2. The summed E-state index contributed by atoms with van der Waals surface area (Å²) in [6.07, 6.45) is 2.84. The van der Waals surface area contributed by atoms with E-state index in [0.717, 1.165) is 9.91 Å². The number of nitrogens with zero attached hydrogens (tertiary/aromatic N) is 6. The summed E-state index contributed by atoms with van der Waals surface area (Å²) in [5, 5.41) is 7.82. The van der Waals surface area contributed by atoms with E-state index in [9.17, 15) is 9.59 Å². The highest BCUT2D eigenvalue weighted by atomic mass is 16.3. The highest BCUT2D eigenvalue weighted by Crippen LogP contribution is 2.10. The van der Waals surface area contributed by atoms with Gasteiger partial charge < -0.3 is 4.42 Å². The van der Waals surface area contributed by atoms with Crippen LogP contribution in [0.4, 0.5) is 9.59 Å². The molecule has 2 rings (SSSR count). The highest BCUT2D eigenvalue weighted by molar-refractivity contribution is 5.95. The van der Waals surface area contributed by atoms with E-state index < -0.39 is 12.1 Å². The van der Waals surface area contributed by atoms with Crippen molar-refractivity contribution in [3.05, 3.63) is 34.6 Å². The third-order valence-electron chi connectivity index (χ3n) is 2.22. The highest BCUT2D eigenvalue weighted by Gasteiger charge is 2.32. The lowest BCUT2D eigenvalue weighted by atomic mass is 10.5. The molecule has 0 saturated carbocycles. The lowest BCUT2D eigenvalue weighted by Gasteiger charge is -2.10. The molecule has 0 aliphatic carbocycles. The first-order chi connectivity index (χ1) is 8.72. The van der Waals surface area contributed by atoms with Crippen molar-refractivity contribution in [1.82, 2.24) is 9.91 Å². The summed E-state index contributed by atoms with van der Waals surface area (Å²) in [7, 11) is 0. The third-order valence-corrected chi connectivity index (χ3v) is 2.22. The lowest BCUT2D eigenvalue weighted by Crippen LogP contribution is -2.32. The van der Waals surface area contributed by atoms with Crippen molar-refractivity contribution in [2.75, 3.05) is 13.1 Å². The van der Waals surface area contributed by atoms with Crippen LogP contribution in [0.3, 0.4) is 0 Å². The smallest absolute Gasteiger partial charge is 0.347 e. The Morgan fingerprint density at radius 2 is 2.39 bits per heavy atom. The molecule has 4 amide bonds. The second-order valence-electron chi connectivity index (χ2n) is 3.29. The molecule has 1 aliphatic heterocycles. The van der Waals surface area contributed by atoms with Gasteiger partial charge in [-0.15, -0.1) is 0 Å². The van der Waals surface area contributed by atoms with Gasteiger partial charge in [0.1, 0.15) is 5.76 Å². The lowest BCUT2D eigenvalue weighted by molar-refractivity contribution is 0.190. The van der Waals surface area contributed by atoms with Crippen LogP contribution in [0.2, 0.25) is 0 Å². The fourth-order valence-corrected chi connectivity index (χ4v) is 1.39. The second kappa shape index (κ2) is 5.02. The maximum absolute atomic E-state index is 11.7. The minimum atomic E-state index is -0.932. The molecule has 1 fully saturated rings. The van der Waals surface area contributed by atoms with Crippen LogP contribution in [0, 0.1) is 0 Å². The van der Waals surface area contributed by atoms with Gasteiger partial charge in [0.2, 0.25) is 0 Å². The Balaban J connectivity index is 2.03. The Morgan fingerprint density at radius 3 is 3.06 bits per heavy atom. The zero-order valence-electron chi connectivity index (χ0n) is 9.13. The quantitative estimate of drug-likeness (QED) is 0.343. The zero-order chi connectivity index (χ0) is 13.0. The first-order valence-electron chi connectivity index (χ1n) is 4.98. The first-order valence-corrected chi connectivity index (χ1v) is 4.98. The SMILES string of the molecule is [N-]=[N+]=NC(=O)N1CCN(N=Cc2ccco2)C1=O. The number of furan rings is 1. The molecule has 0 atom stereocenters. The van der Waals surface area contributed by atoms with Gasteiger partial charge in [-0.3, -0.25) is 9.69 Å². The van der Waals surface area contributed by atoms with Gasteiger partial charge in [-0.25, -0.2) is 9.80 Å². The van der Waals surface area contributed by atoms with E-state index in [4.69, 9.17) is 9.95 Å². The van der Waals surface area contributed by atoms with E-state index in [-0.39, 0.29) is 13.1 Å². The summed E-state index contributed by atoms with van der Waals surface area (Å²) in [6.45, 7) is 0.370. The zero-order valence-corrected chi connectivity index (χ0v) is 9.13. The number of carbonyl (C=O) groups is 2. The van der Waals surface area contributed by atoms with Gasteiger partial charge in [0, 0.05) is 10.0 Å². The fraction of sp³-hybridized carbons (Fsp3) is 0.222. The molecule has 0 spiro atoms. The summed E-state index contributed by atoms with van der Waals surface area (Å²) in [6, 6.07) is 1.80. The molecular formula is C9H8N6O3. The van der Waals surface area contributed by atoms with E-state index >= 15 is 0 Å². The molecular weight excluding hydrogens is 240 g/mol. The number of hydrazone groups is 1. The molecule has 92 valence electrons. The van der Waals surface area contributed by atoms with Crippen LogP contribution in [0.5, 0.6) is 0 Å². The summed E-state index contributed by atoms with van der Waals surface area (Å²) >= 11 is 0. The van der Waals surface area contributed by atoms with Gasteiger partial charge in [-0.2, -0.15) is 5.10 Å². The molecule has 18 heavy (non-hydrogen) atoms. The largest absolute Gasteiger partial charge is 0.463 e. The summed E-state index contributed by atoms with van der Waals surface area (Å²) < 4.78 is 5.01. The molecule has 9 heteroatoms. The number of urea groups is 2. The van der Waals surface area contributed by atoms with Crippen LogP contribution < -0.4 is 0 Å². The summed E-state index contributed by atoms with van der Waals surface area (Å²) in [5.74, 6) is 0.489. The molecule has 1 aromatic heterocycles. The fourth-order valence-electron chi connectivity index (χ4n) is 1.39. The van der Waals surface area contributed by atoms with Crippen LogP contribution in [0.25, 0.3) is 10.4 Å². The maximum Gasteiger partial charge on any atom is 0.347 e. The van der Waals surface area contributed by atoms with Crippen molar-refractivity contribution in [3.8, 4) is 0 Å². The standard InChI is InChI=1S/C9H8N6O3/c10-13-12-8(16)14-3-4-15(9(14)17)11-6-7-2-1-5-18-7/h1-2,5-6H,3-4H2. The predicted octanol–water partition coefficient (Wildman–Crippen LogP) is 1.78. The number of imide groups is 1. The third kappa shape index (κ3) is 2.30. The van der Waals surface area contributed by atoms with Gasteiger partial charge in [0.25, 0.3) is 0 Å². The van der Waals surface area contributed by atoms with Crippen molar-refractivity contribution in [1.29, 1.82) is 0 Å². The number of azide groups is 1. The van der Waals surface area contributed by atoms with Crippen molar-refractivity contribution >= 4 is 18.3 Å². The Bertz CT molecular complexity index is 531. The molecule has 0 aromatic carbocycles. The number of hydrogen-bond donors (Lipinski definition) is 0. The van der Waals surface area contributed by atoms with Gasteiger partial charge in [0.05, 0.1) is 25.6 Å². The van der Waals surface area contributed by atoms with Gasteiger partial charge in [-0.05, 0) is 17.7 Å². The number of amides is 4. The number of rotatable bonds is 2. The molecule has 0 bridgehead atoms. The van der Waals surface area contributed by atoms with E-state index in [2.05, 4.69) is 15.1 Å². The first kappa shape index (κ1) is 11.7. The van der Waals surface area contributed by atoms with E-state index in [1.165, 1.54) is 12.5 Å². The Kier molecular flexibility index (Phi) is 3.26. The van der Waals surface area contributed by atoms with Gasteiger partial charge in [-0.1, -0.05) is 0 Å². The van der Waals surface area contributed by atoms with Crippen LogP contribution >= 0.6 is 0 Å². The average Bonchev–Trinajstić information content (AvgIpc) is 2.96. The van der Waals surface area contributed by atoms with E-state index in [1.54, 1.807) is 12.1 Å². The summed E-state index contributed by atoms with van der Waals surface area (Å²) in [4.78, 5) is 26.1. The van der Waals surface area contributed by atoms with Crippen molar-refractivity contribution in [2.24, 2.45) is 10.2 Å². The Morgan fingerprint density at radius 1 is 1.56 bits per heavy atom. The van der Waals surface area contributed by atoms with Gasteiger partial charge in [0.15, 0.2) is 0 Å². The minimum Gasteiger partial charge on any atom is -0.463 e. The van der Waals surface area contributed by atoms with Crippen molar-refractivity contribution in [2.45, 2.75) is 0 Å². The molecule has 1 aliphatic rings. The predicted molar refractivity (Wildman–Crippen MR) is 59.7 cm³/mol. The molecule has 0 unspecified atom stereocenters. The van der Waals surface area contributed by atoms with Crippen LogP contribution in [0.1, 0.15) is 5.76 Å². The van der Waals surface area contributed by atoms with Crippen molar-refractivity contribution < 1.29 is 14.0 Å². The van der Waals surface area contributed by atoms with E-state index in [1.807, 2.05) is 0 Å². The molecule has 0 N–H and O–H groups in total. The number of hydrogen-bond acceptors (Lipinski definition) is 4. The molecule has 1 aromatic rings. The van der Waals surface area contributed by atoms with Crippen molar-refractivity contribution in [3.63, 3.8) is 0 Å². The second-order valence-corrected chi connectivity index (χ2v) is 3.29. The summed E-state index contributed by atoms with van der Waals surface area (Å²) in [5.41, 5.74) is 8.12. The van der Waals surface area contributed by atoms with Crippen LogP contribution in [0.15, 0.2) is 33.0 Å². The minimum absolute atomic E-state index is 0.131. The Hall–Kier alpha value is -2.80. The molecule has 2 heterocycles. The molecule has 1 saturated heterocycles. The monoisotopic (exact) mass is 248 g/mol. The van der Waals surface area contributed by atoms with E-state index in [0.29, 0.717) is 5.76 Å². The maximum atomic E-state index is 11.7. The van der Waals surface area contributed by atoms with Crippen LogP contribution in [-0.4, -0.2) is 41.3 Å². The molecule has 9 nitrogen and oxygen atoms in total. The number of carbonyl (C=O) groups excluding carboxylic acids is 2.